The Kier molecular flexibility index (Phi) is 6.72. The molecule has 0 aromatic heterocycles. The monoisotopic (exact) mass is 249 g/mol. The van der Waals surface area contributed by atoms with Crippen LogP contribution in [0.5, 0.6) is 0 Å². The normalized spacial score (nSPS) is 10.1. The number of benzene rings is 1. The van der Waals surface area contributed by atoms with Crippen LogP contribution in [0.3, 0.4) is 0 Å². The second-order valence-corrected chi connectivity index (χ2v) is 3.76. The molecule has 0 bridgehead atoms. The summed E-state index contributed by atoms with van der Waals surface area (Å²) in [6, 6.07) is 9.47. The van der Waals surface area contributed by atoms with Crippen LogP contribution in [0.4, 0.5) is 0 Å². The van der Waals surface area contributed by atoms with E-state index in [4.69, 9.17) is 4.74 Å². The predicted octanol–water partition coefficient (Wildman–Crippen LogP) is 2.28. The fourth-order valence-corrected chi connectivity index (χ4v) is 1.27. The lowest BCUT2D eigenvalue weighted by Gasteiger charge is -2.04. The molecule has 1 rings (SSSR count). The third kappa shape index (κ3) is 6.15. The largest absolute Gasteiger partial charge is 0.391 e. The van der Waals surface area contributed by atoms with Gasteiger partial charge >= 0.3 is 11.9 Å². The van der Waals surface area contributed by atoms with Crippen LogP contribution >= 0.6 is 0 Å². The zero-order chi connectivity index (χ0) is 13.2. The predicted molar refractivity (Wildman–Crippen MR) is 66.4 cm³/mol. The van der Waals surface area contributed by atoms with Crippen molar-refractivity contribution in [3.8, 4) is 0 Å². The Labute approximate surface area is 107 Å². The van der Waals surface area contributed by atoms with E-state index < -0.39 is 11.9 Å². The first-order chi connectivity index (χ1) is 8.72. The van der Waals surface area contributed by atoms with E-state index in [9.17, 15) is 9.59 Å². The van der Waals surface area contributed by atoms with E-state index in [1.54, 1.807) is 0 Å². The van der Waals surface area contributed by atoms with Crippen LogP contribution in [0.15, 0.2) is 30.3 Å². The maximum Gasteiger partial charge on any atom is 0.339 e. The lowest BCUT2D eigenvalue weighted by Crippen LogP contribution is -2.17. The Hall–Kier alpha value is -1.68. The zero-order valence-corrected chi connectivity index (χ0v) is 10.4. The molecular weight excluding hydrogens is 232 g/mol. The number of rotatable bonds is 7. The van der Waals surface area contributed by atoms with Gasteiger partial charge in [0, 0.05) is 0 Å². The van der Waals surface area contributed by atoms with Crippen molar-refractivity contribution in [3.05, 3.63) is 42.3 Å². The molecule has 0 aliphatic carbocycles. The summed E-state index contributed by atoms with van der Waals surface area (Å²) in [6.45, 7) is 2.04. The van der Waals surface area contributed by atoms with Crippen molar-refractivity contribution in [3.63, 3.8) is 0 Å². The van der Waals surface area contributed by atoms with Gasteiger partial charge in [-0.25, -0.2) is 4.79 Å². The van der Waals surface area contributed by atoms with Crippen molar-refractivity contribution in [2.24, 2.45) is 0 Å². The molecule has 0 atom stereocenters. The van der Waals surface area contributed by atoms with Crippen LogP contribution in [0, 0.1) is 6.42 Å². The first-order valence-corrected chi connectivity index (χ1v) is 5.92. The zero-order valence-electron chi connectivity index (χ0n) is 10.4. The Bertz CT molecular complexity index is 373. The van der Waals surface area contributed by atoms with Crippen LogP contribution in [0.25, 0.3) is 0 Å². The number of unbranched alkanes of at least 4 members (excludes halogenated alkanes) is 1. The first kappa shape index (κ1) is 14.4. The summed E-state index contributed by atoms with van der Waals surface area (Å²) in [5, 5.41) is 0. The van der Waals surface area contributed by atoms with Gasteiger partial charge in [0.15, 0.2) is 0 Å². The number of carbonyl (C=O) groups is 2. The maximum absolute atomic E-state index is 11.2. The highest BCUT2D eigenvalue weighted by Crippen LogP contribution is 2.01. The van der Waals surface area contributed by atoms with E-state index in [1.165, 1.54) is 6.42 Å². The molecule has 0 amide bonds. The molecule has 0 fully saturated rings. The molecule has 18 heavy (non-hydrogen) atoms. The Morgan fingerprint density at radius 3 is 2.61 bits per heavy atom. The molecular formula is C14H17O4. The van der Waals surface area contributed by atoms with Crippen molar-refractivity contribution in [2.45, 2.75) is 26.4 Å². The van der Waals surface area contributed by atoms with Crippen molar-refractivity contribution in [1.82, 2.24) is 0 Å². The molecule has 4 heteroatoms. The molecule has 0 aliphatic rings. The number of hydrogen-bond acceptors (Lipinski definition) is 4. The molecule has 97 valence electrons. The topological polar surface area (TPSA) is 52.6 Å². The fourth-order valence-electron chi connectivity index (χ4n) is 1.27. The van der Waals surface area contributed by atoms with Crippen molar-refractivity contribution in [2.75, 3.05) is 6.61 Å². The quantitative estimate of drug-likeness (QED) is 0.549. The van der Waals surface area contributed by atoms with Crippen molar-refractivity contribution in [1.29, 1.82) is 0 Å². The Morgan fingerprint density at radius 1 is 1.22 bits per heavy atom. The molecule has 4 nitrogen and oxygen atoms in total. The summed E-state index contributed by atoms with van der Waals surface area (Å²) in [4.78, 5) is 22.3. The van der Waals surface area contributed by atoms with E-state index in [0.717, 1.165) is 12.0 Å². The van der Waals surface area contributed by atoms with Gasteiger partial charge in [-0.05, 0) is 12.0 Å². The molecule has 1 aromatic rings. The smallest absolute Gasteiger partial charge is 0.339 e. The standard InChI is InChI=1S/C14H17O4/c1-2-3-9-13(15)18-14(16)11-17-10-12-7-5-4-6-8-12/h4-9H,2-3,10-11H2,1H3. The summed E-state index contributed by atoms with van der Waals surface area (Å²) >= 11 is 0. The van der Waals surface area contributed by atoms with Gasteiger partial charge in [0.25, 0.3) is 0 Å². The van der Waals surface area contributed by atoms with Crippen LogP contribution in [0.2, 0.25) is 0 Å². The number of hydrogen-bond donors (Lipinski definition) is 0. The lowest BCUT2D eigenvalue weighted by atomic mass is 10.2. The highest BCUT2D eigenvalue weighted by Gasteiger charge is 2.10. The van der Waals surface area contributed by atoms with Gasteiger partial charge in [0.1, 0.15) is 6.61 Å². The molecule has 0 spiro atoms. The second kappa shape index (κ2) is 8.42. The molecule has 1 radical (unpaired) electrons. The van der Waals surface area contributed by atoms with Gasteiger partial charge in [-0.1, -0.05) is 43.7 Å². The van der Waals surface area contributed by atoms with Gasteiger partial charge in [0.05, 0.1) is 13.0 Å². The minimum atomic E-state index is -0.664. The summed E-state index contributed by atoms with van der Waals surface area (Å²) < 4.78 is 9.68. The third-order valence-electron chi connectivity index (χ3n) is 2.15. The lowest BCUT2D eigenvalue weighted by molar-refractivity contribution is -0.160. The summed E-state index contributed by atoms with van der Waals surface area (Å²) in [5.41, 5.74) is 0.967. The van der Waals surface area contributed by atoms with Crippen LogP contribution in [-0.4, -0.2) is 18.5 Å². The summed E-state index contributed by atoms with van der Waals surface area (Å²) in [5.74, 6) is -1.27. The minimum absolute atomic E-state index is 0.222. The minimum Gasteiger partial charge on any atom is -0.391 e. The molecule has 0 saturated carbocycles. The number of carbonyl (C=O) groups excluding carboxylic acids is 2. The third-order valence-corrected chi connectivity index (χ3v) is 2.15. The fraction of sp³-hybridized carbons (Fsp3) is 0.357. The van der Waals surface area contributed by atoms with E-state index in [2.05, 4.69) is 4.74 Å². The van der Waals surface area contributed by atoms with Gasteiger partial charge in [-0.2, -0.15) is 0 Å². The Balaban J connectivity index is 2.15. The average Bonchev–Trinajstić information content (AvgIpc) is 2.37. The van der Waals surface area contributed by atoms with Gasteiger partial charge in [0.2, 0.25) is 0 Å². The van der Waals surface area contributed by atoms with Gasteiger partial charge in [-0.3, -0.25) is 4.79 Å². The number of ether oxygens (including phenoxy) is 2. The SMILES string of the molecule is CCC[CH]C(=O)OC(=O)COCc1ccccc1. The molecule has 0 N–H and O–H groups in total. The second-order valence-electron chi connectivity index (χ2n) is 3.76. The highest BCUT2D eigenvalue weighted by atomic mass is 16.6. The molecule has 0 unspecified atom stereocenters. The molecule has 1 aromatic carbocycles. The van der Waals surface area contributed by atoms with Gasteiger partial charge < -0.3 is 9.47 Å². The summed E-state index contributed by atoms with van der Waals surface area (Å²) in [6.07, 6.45) is 2.81. The Morgan fingerprint density at radius 2 is 1.94 bits per heavy atom. The highest BCUT2D eigenvalue weighted by molar-refractivity contribution is 5.90. The summed E-state index contributed by atoms with van der Waals surface area (Å²) in [7, 11) is 0. The number of esters is 2. The maximum atomic E-state index is 11.2. The van der Waals surface area contributed by atoms with E-state index >= 15 is 0 Å². The average molecular weight is 249 g/mol. The first-order valence-electron chi connectivity index (χ1n) is 5.92. The van der Waals surface area contributed by atoms with E-state index in [0.29, 0.717) is 13.0 Å². The van der Waals surface area contributed by atoms with Crippen molar-refractivity contribution < 1.29 is 19.1 Å². The van der Waals surface area contributed by atoms with E-state index in [-0.39, 0.29) is 6.61 Å². The van der Waals surface area contributed by atoms with E-state index in [1.807, 2.05) is 37.3 Å². The van der Waals surface area contributed by atoms with Crippen LogP contribution < -0.4 is 0 Å². The molecule has 0 saturated heterocycles. The molecule has 0 aliphatic heterocycles. The van der Waals surface area contributed by atoms with Crippen LogP contribution in [0.1, 0.15) is 25.3 Å². The molecule has 0 heterocycles. The van der Waals surface area contributed by atoms with Gasteiger partial charge in [-0.15, -0.1) is 0 Å². The van der Waals surface area contributed by atoms with Crippen molar-refractivity contribution >= 4 is 11.9 Å². The van der Waals surface area contributed by atoms with Crippen LogP contribution in [-0.2, 0) is 25.7 Å².